The lowest BCUT2D eigenvalue weighted by atomic mass is 10.5. The van der Waals surface area contributed by atoms with Gasteiger partial charge in [-0.2, -0.15) is 5.10 Å². The number of rotatable bonds is 2. The molecule has 4 nitrogen and oxygen atoms in total. The van der Waals surface area contributed by atoms with Crippen molar-refractivity contribution in [3.05, 3.63) is 18.4 Å². The van der Waals surface area contributed by atoms with Crippen molar-refractivity contribution in [3.8, 4) is 0 Å². The Morgan fingerprint density at radius 2 is 2.60 bits per heavy atom. The summed E-state index contributed by atoms with van der Waals surface area (Å²) in [7, 11) is 0. The number of hydrogen-bond donors (Lipinski definition) is 1. The van der Waals surface area contributed by atoms with Gasteiger partial charge in [0.15, 0.2) is 5.82 Å². The average molecular weight is 138 g/mol. The molecule has 0 aromatic carbocycles. The Bertz CT molecular complexity index is 225. The minimum Gasteiger partial charge on any atom is -0.404 e. The van der Waals surface area contributed by atoms with Gasteiger partial charge in [0.2, 0.25) is 0 Å². The number of nitrogens with zero attached hydrogens (tertiary/aromatic N) is 3. The number of aryl methyl sites for hydroxylation is 1. The van der Waals surface area contributed by atoms with Crippen molar-refractivity contribution in [1.29, 1.82) is 0 Å². The molecule has 1 aromatic rings. The van der Waals surface area contributed by atoms with E-state index in [2.05, 4.69) is 10.1 Å². The molecule has 0 saturated heterocycles. The molecule has 0 aliphatic heterocycles. The third-order valence-corrected chi connectivity index (χ3v) is 1.19. The number of hydrogen-bond acceptors (Lipinski definition) is 3. The molecule has 0 spiro atoms. The fourth-order valence-electron chi connectivity index (χ4n) is 0.732. The summed E-state index contributed by atoms with van der Waals surface area (Å²) in [4.78, 5) is 3.96. The second-order valence-corrected chi connectivity index (χ2v) is 1.79. The van der Waals surface area contributed by atoms with Crippen molar-refractivity contribution >= 4 is 6.08 Å². The topological polar surface area (TPSA) is 56.7 Å². The van der Waals surface area contributed by atoms with Crippen LogP contribution >= 0.6 is 0 Å². The van der Waals surface area contributed by atoms with E-state index < -0.39 is 0 Å². The maximum absolute atomic E-state index is 5.18. The van der Waals surface area contributed by atoms with Gasteiger partial charge in [0, 0.05) is 6.54 Å². The fraction of sp³-hybridized carbons (Fsp3) is 0.333. The van der Waals surface area contributed by atoms with Crippen LogP contribution in [0, 0.1) is 0 Å². The summed E-state index contributed by atoms with van der Waals surface area (Å²) < 4.78 is 1.77. The Labute approximate surface area is 59.4 Å². The van der Waals surface area contributed by atoms with Crippen molar-refractivity contribution < 1.29 is 0 Å². The first-order valence-electron chi connectivity index (χ1n) is 3.14. The molecule has 0 unspecified atom stereocenters. The Morgan fingerprint density at radius 3 is 3.20 bits per heavy atom. The molecule has 1 aromatic heterocycles. The van der Waals surface area contributed by atoms with Crippen LogP contribution in [0.25, 0.3) is 6.08 Å². The van der Waals surface area contributed by atoms with E-state index in [4.69, 9.17) is 5.73 Å². The van der Waals surface area contributed by atoms with Gasteiger partial charge in [-0.15, -0.1) is 0 Å². The minimum absolute atomic E-state index is 0.796. The molecule has 0 amide bonds. The largest absolute Gasteiger partial charge is 0.404 e. The SMILES string of the molecule is CCn1ncnc1/C=C\N. The van der Waals surface area contributed by atoms with Crippen molar-refractivity contribution in [3.63, 3.8) is 0 Å². The Balaban J connectivity index is 2.90. The molecule has 10 heavy (non-hydrogen) atoms. The van der Waals surface area contributed by atoms with Crippen LogP contribution in [0.1, 0.15) is 12.7 Å². The predicted molar refractivity (Wildman–Crippen MR) is 38.9 cm³/mol. The summed E-state index contributed by atoms with van der Waals surface area (Å²) in [5.41, 5.74) is 5.18. The van der Waals surface area contributed by atoms with E-state index in [1.165, 1.54) is 12.5 Å². The van der Waals surface area contributed by atoms with Crippen molar-refractivity contribution in [2.45, 2.75) is 13.5 Å². The molecule has 0 bridgehead atoms. The van der Waals surface area contributed by atoms with Crippen molar-refractivity contribution in [2.24, 2.45) is 5.73 Å². The summed E-state index contributed by atoms with van der Waals surface area (Å²) >= 11 is 0. The van der Waals surface area contributed by atoms with Crippen LogP contribution < -0.4 is 5.73 Å². The highest BCUT2D eigenvalue weighted by Crippen LogP contribution is 1.94. The first-order chi connectivity index (χ1) is 4.88. The highest BCUT2D eigenvalue weighted by molar-refractivity contribution is 5.38. The first kappa shape index (κ1) is 6.80. The van der Waals surface area contributed by atoms with E-state index in [1.807, 2.05) is 6.92 Å². The van der Waals surface area contributed by atoms with E-state index in [0.29, 0.717) is 0 Å². The van der Waals surface area contributed by atoms with Crippen LogP contribution in [-0.4, -0.2) is 14.8 Å². The van der Waals surface area contributed by atoms with Gasteiger partial charge in [-0.1, -0.05) is 0 Å². The fourth-order valence-corrected chi connectivity index (χ4v) is 0.732. The van der Waals surface area contributed by atoms with Gasteiger partial charge >= 0.3 is 0 Å². The third-order valence-electron chi connectivity index (χ3n) is 1.19. The highest BCUT2D eigenvalue weighted by Gasteiger charge is 1.94. The molecular weight excluding hydrogens is 128 g/mol. The van der Waals surface area contributed by atoms with Crippen LogP contribution in [-0.2, 0) is 6.54 Å². The summed E-state index contributed by atoms with van der Waals surface area (Å²) in [5, 5.41) is 3.95. The maximum Gasteiger partial charge on any atom is 0.152 e. The van der Waals surface area contributed by atoms with Gasteiger partial charge in [-0.3, -0.25) is 0 Å². The molecule has 54 valence electrons. The van der Waals surface area contributed by atoms with Crippen LogP contribution in [0.5, 0.6) is 0 Å². The molecule has 1 rings (SSSR count). The van der Waals surface area contributed by atoms with Crippen molar-refractivity contribution in [1.82, 2.24) is 14.8 Å². The van der Waals surface area contributed by atoms with Gasteiger partial charge in [-0.05, 0) is 19.2 Å². The van der Waals surface area contributed by atoms with Gasteiger partial charge < -0.3 is 5.73 Å². The van der Waals surface area contributed by atoms with Gasteiger partial charge in [0.1, 0.15) is 6.33 Å². The molecule has 0 aliphatic rings. The lowest BCUT2D eigenvalue weighted by Gasteiger charge is -1.94. The predicted octanol–water partition coefficient (Wildman–Crippen LogP) is 0.227. The second kappa shape index (κ2) is 3.00. The van der Waals surface area contributed by atoms with Crippen molar-refractivity contribution in [2.75, 3.05) is 0 Å². The van der Waals surface area contributed by atoms with E-state index in [9.17, 15) is 0 Å². The molecule has 0 radical (unpaired) electrons. The first-order valence-corrected chi connectivity index (χ1v) is 3.14. The number of aromatic nitrogens is 3. The van der Waals surface area contributed by atoms with E-state index in [0.717, 1.165) is 12.4 Å². The quantitative estimate of drug-likeness (QED) is 0.636. The zero-order chi connectivity index (χ0) is 7.40. The lowest BCUT2D eigenvalue weighted by molar-refractivity contribution is 0.651. The third kappa shape index (κ3) is 1.15. The number of nitrogens with two attached hydrogens (primary N) is 1. The van der Waals surface area contributed by atoms with E-state index in [-0.39, 0.29) is 0 Å². The second-order valence-electron chi connectivity index (χ2n) is 1.79. The monoisotopic (exact) mass is 138 g/mol. The Morgan fingerprint density at radius 1 is 1.80 bits per heavy atom. The van der Waals surface area contributed by atoms with Crippen LogP contribution in [0.4, 0.5) is 0 Å². The zero-order valence-corrected chi connectivity index (χ0v) is 5.86. The summed E-state index contributed by atoms with van der Waals surface area (Å²) in [6.45, 7) is 2.82. The molecule has 0 atom stereocenters. The van der Waals surface area contributed by atoms with Gasteiger partial charge in [0.25, 0.3) is 0 Å². The molecule has 0 saturated carbocycles. The summed E-state index contributed by atoms with van der Waals surface area (Å²) in [6, 6.07) is 0. The summed E-state index contributed by atoms with van der Waals surface area (Å²) in [6.07, 6.45) is 4.69. The highest BCUT2D eigenvalue weighted by atomic mass is 15.3. The van der Waals surface area contributed by atoms with Crippen LogP contribution in [0.15, 0.2) is 12.5 Å². The zero-order valence-electron chi connectivity index (χ0n) is 5.86. The normalized spacial score (nSPS) is 10.9. The standard InChI is InChI=1S/C6H10N4/c1-2-10-6(3-4-7)8-5-9-10/h3-5H,2,7H2,1H3/b4-3-. The molecular formula is C6H10N4. The molecule has 1 heterocycles. The molecule has 2 N–H and O–H groups in total. The molecule has 0 aliphatic carbocycles. The maximum atomic E-state index is 5.18. The molecule has 0 fully saturated rings. The average Bonchev–Trinajstić information content (AvgIpc) is 2.36. The molecule has 4 heteroatoms. The van der Waals surface area contributed by atoms with Crippen LogP contribution in [0.2, 0.25) is 0 Å². The van der Waals surface area contributed by atoms with Gasteiger partial charge in [-0.25, -0.2) is 9.67 Å². The Hall–Kier alpha value is -1.32. The summed E-state index contributed by atoms with van der Waals surface area (Å²) in [5.74, 6) is 0.796. The van der Waals surface area contributed by atoms with Crippen LogP contribution in [0.3, 0.4) is 0 Å². The lowest BCUT2D eigenvalue weighted by Crippen LogP contribution is -1.99. The Kier molecular flexibility index (Phi) is 2.04. The minimum atomic E-state index is 0.796. The van der Waals surface area contributed by atoms with E-state index >= 15 is 0 Å². The van der Waals surface area contributed by atoms with E-state index in [1.54, 1.807) is 10.8 Å². The van der Waals surface area contributed by atoms with Gasteiger partial charge in [0.05, 0.1) is 0 Å². The smallest absolute Gasteiger partial charge is 0.152 e.